The Morgan fingerprint density at radius 3 is 2.24 bits per heavy atom. The summed E-state index contributed by atoms with van der Waals surface area (Å²) in [6, 6.07) is 7.67. The Morgan fingerprint density at radius 1 is 1.47 bits per heavy atom. The molecule has 0 aromatic heterocycles. The predicted octanol–water partition coefficient (Wildman–Crippen LogP) is 1.12. The minimum Gasteiger partial charge on any atom is -0.481 e. The van der Waals surface area contributed by atoms with Gasteiger partial charge in [0, 0.05) is 12.6 Å². The van der Waals surface area contributed by atoms with Gasteiger partial charge in [0.1, 0.15) is 0 Å². The maximum absolute atomic E-state index is 10.6. The monoisotopic (exact) mass is 406 g/mol. The van der Waals surface area contributed by atoms with Crippen LogP contribution in [0.1, 0.15) is 12.5 Å². The molecule has 5 heteroatoms. The van der Waals surface area contributed by atoms with E-state index in [-0.39, 0.29) is 33.6 Å². The molecule has 0 aliphatic heterocycles. The van der Waals surface area contributed by atoms with E-state index in [9.17, 15) is 4.79 Å². The number of rotatable bonds is 3. The first-order valence-corrected chi connectivity index (χ1v) is 4.94. The summed E-state index contributed by atoms with van der Waals surface area (Å²) in [4.78, 5) is 10.6. The van der Waals surface area contributed by atoms with Crippen LogP contribution in [0.4, 0.5) is 5.69 Å². The Labute approximate surface area is 117 Å². The molecule has 0 radical (unpaired) electrons. The van der Waals surface area contributed by atoms with Crippen LogP contribution in [-0.4, -0.2) is 17.6 Å². The number of amides is 1. The van der Waals surface area contributed by atoms with Crippen molar-refractivity contribution in [2.45, 2.75) is 13.3 Å². The zero-order chi connectivity index (χ0) is 12.4. The second-order valence-electron chi connectivity index (χ2n) is 3.05. The van der Waals surface area contributed by atoms with Gasteiger partial charge in [-0.25, -0.2) is 6.54 Å². The third kappa shape index (κ3) is 10.2. The van der Waals surface area contributed by atoms with Crippen molar-refractivity contribution in [1.82, 2.24) is 0 Å². The normalized spacial score (nSPS) is 8.47. The Bertz CT molecular complexity index is 300. The second-order valence-corrected chi connectivity index (χ2v) is 3.05. The van der Waals surface area contributed by atoms with Gasteiger partial charge in [-0.05, 0) is 12.1 Å². The van der Waals surface area contributed by atoms with Crippen LogP contribution in [0.3, 0.4) is 0 Å². The molecule has 4 nitrogen and oxygen atoms in total. The van der Waals surface area contributed by atoms with E-state index < -0.39 is 0 Å². The Kier molecular flexibility index (Phi) is 12.9. The third-order valence-electron chi connectivity index (χ3n) is 1.67. The van der Waals surface area contributed by atoms with Crippen LogP contribution < -0.4 is 11.1 Å². The van der Waals surface area contributed by atoms with Gasteiger partial charge in [0.2, 0.25) is 5.91 Å². The van der Waals surface area contributed by atoms with E-state index in [1.165, 1.54) is 19.0 Å². The van der Waals surface area contributed by atoms with Crippen molar-refractivity contribution in [2.75, 3.05) is 11.9 Å². The van der Waals surface area contributed by atoms with Crippen molar-refractivity contribution in [3.05, 3.63) is 43.3 Å². The molecule has 1 amide bonds. The number of benzene rings is 1. The fourth-order valence-corrected chi connectivity index (χ4v) is 0.958. The average Bonchev–Trinajstić information content (AvgIpc) is 2.30. The number of anilines is 1. The number of nitrogens with two attached hydrogens (primary N) is 1. The standard InChI is InChI=1S/C10H12NO.C2H6NO.W/c1-3-9-4-6-10(7-5-9)11-8(2)12;3-1-2-4;/h4-7H,1,3H2,2H3,(H,11,12);1,4H,2-3H2;/q2*-1;+2. The van der Waals surface area contributed by atoms with E-state index in [1.807, 2.05) is 24.3 Å². The molecule has 0 atom stereocenters. The quantitative estimate of drug-likeness (QED) is 0.659. The van der Waals surface area contributed by atoms with Gasteiger partial charge in [0.15, 0.2) is 0 Å². The van der Waals surface area contributed by atoms with E-state index in [1.54, 1.807) is 0 Å². The van der Waals surface area contributed by atoms with Crippen molar-refractivity contribution < 1.29 is 31.0 Å². The summed E-state index contributed by atoms with van der Waals surface area (Å²) in [6.07, 6.45) is 0.778. The van der Waals surface area contributed by atoms with Crippen LogP contribution >= 0.6 is 0 Å². The molecular formula is C12H18N2O2W. The van der Waals surface area contributed by atoms with Gasteiger partial charge in [0.25, 0.3) is 0 Å². The first-order chi connectivity index (χ1) is 7.63. The van der Waals surface area contributed by atoms with E-state index >= 15 is 0 Å². The zero-order valence-electron chi connectivity index (χ0n) is 9.85. The van der Waals surface area contributed by atoms with Crippen LogP contribution in [0.5, 0.6) is 0 Å². The van der Waals surface area contributed by atoms with Gasteiger partial charge in [0.05, 0.1) is 0 Å². The molecule has 4 N–H and O–H groups in total. The number of aliphatic hydroxyl groups is 1. The van der Waals surface area contributed by atoms with Gasteiger partial charge in [-0.1, -0.05) is 24.3 Å². The molecule has 0 unspecified atom stereocenters. The number of aliphatic hydroxyl groups excluding tert-OH is 1. The van der Waals surface area contributed by atoms with Crippen LogP contribution in [0, 0.1) is 13.5 Å². The van der Waals surface area contributed by atoms with E-state index in [2.05, 4.69) is 18.0 Å². The Morgan fingerprint density at radius 2 is 1.94 bits per heavy atom. The molecule has 1 aromatic carbocycles. The SMILES string of the molecule is N[CH-]CO.[CH2-]Cc1ccc(NC(C)=O)cc1.[W+2]. The summed E-state index contributed by atoms with van der Waals surface area (Å²) in [5, 5.41) is 10.4. The maximum atomic E-state index is 10.6. The molecule has 0 bridgehead atoms. The van der Waals surface area contributed by atoms with Crippen LogP contribution in [0.15, 0.2) is 24.3 Å². The second kappa shape index (κ2) is 11.8. The molecule has 0 spiro atoms. The molecule has 0 fully saturated rings. The summed E-state index contributed by atoms with van der Waals surface area (Å²) < 4.78 is 0. The zero-order valence-corrected chi connectivity index (χ0v) is 12.8. The molecule has 0 saturated carbocycles. The average molecular weight is 406 g/mol. The van der Waals surface area contributed by atoms with Gasteiger partial charge in [-0.15, -0.1) is 0 Å². The minimum atomic E-state index is -0.0441. The molecule has 0 aliphatic rings. The van der Waals surface area contributed by atoms with Crippen LogP contribution in [0.25, 0.3) is 0 Å². The topological polar surface area (TPSA) is 75.3 Å². The summed E-state index contributed by atoms with van der Waals surface area (Å²) in [5.41, 5.74) is 6.66. The predicted molar refractivity (Wildman–Crippen MR) is 65.4 cm³/mol. The molecule has 1 aromatic rings. The molecule has 0 heterocycles. The van der Waals surface area contributed by atoms with Gasteiger partial charge in [-0.2, -0.15) is 6.42 Å². The third-order valence-corrected chi connectivity index (χ3v) is 1.67. The number of carbonyl (C=O) groups is 1. The minimum absolute atomic E-state index is 0. The first-order valence-electron chi connectivity index (χ1n) is 4.94. The molecule has 0 aliphatic carbocycles. The first kappa shape index (κ1) is 18.7. The van der Waals surface area contributed by atoms with Crippen molar-refractivity contribution in [3.63, 3.8) is 0 Å². The molecule has 0 saturated heterocycles. The van der Waals surface area contributed by atoms with Gasteiger partial charge >= 0.3 is 21.1 Å². The number of nitrogens with one attached hydrogen (secondary N) is 1. The number of hydrogen-bond donors (Lipinski definition) is 3. The van der Waals surface area contributed by atoms with Crippen LogP contribution in [0.2, 0.25) is 0 Å². The van der Waals surface area contributed by atoms with Crippen molar-refractivity contribution in [2.24, 2.45) is 5.73 Å². The molecule has 1 rings (SSSR count). The summed E-state index contributed by atoms with van der Waals surface area (Å²) >= 11 is 0. The Hall–Kier alpha value is -0.702. The maximum Gasteiger partial charge on any atom is 2.00 e. The summed E-state index contributed by atoms with van der Waals surface area (Å²) in [5.74, 6) is -0.0441. The van der Waals surface area contributed by atoms with E-state index in [0.29, 0.717) is 0 Å². The van der Waals surface area contributed by atoms with E-state index in [0.717, 1.165) is 12.1 Å². The fraction of sp³-hybridized carbons (Fsp3) is 0.250. The van der Waals surface area contributed by atoms with E-state index in [4.69, 9.17) is 5.11 Å². The Balaban J connectivity index is 0. The summed E-state index contributed by atoms with van der Waals surface area (Å²) in [7, 11) is 0. The van der Waals surface area contributed by atoms with Crippen molar-refractivity contribution >= 4 is 11.6 Å². The molecular weight excluding hydrogens is 388 g/mol. The van der Waals surface area contributed by atoms with Gasteiger partial charge in [-0.3, -0.25) is 4.79 Å². The van der Waals surface area contributed by atoms with Crippen LogP contribution in [-0.2, 0) is 32.3 Å². The largest absolute Gasteiger partial charge is 2.00 e. The number of hydrogen-bond acceptors (Lipinski definition) is 3. The van der Waals surface area contributed by atoms with Crippen molar-refractivity contribution in [3.8, 4) is 0 Å². The molecule has 94 valence electrons. The smallest absolute Gasteiger partial charge is 0.481 e. The summed E-state index contributed by atoms with van der Waals surface area (Å²) in [6.45, 7) is 6.41. The molecule has 17 heavy (non-hydrogen) atoms. The number of carbonyl (C=O) groups excluding carboxylic acids is 1. The van der Waals surface area contributed by atoms with Gasteiger partial charge < -0.3 is 23.1 Å². The van der Waals surface area contributed by atoms with Crippen molar-refractivity contribution in [1.29, 1.82) is 0 Å². The fourth-order valence-electron chi connectivity index (χ4n) is 0.958.